The van der Waals surface area contributed by atoms with Gasteiger partial charge in [0.15, 0.2) is 0 Å². The van der Waals surface area contributed by atoms with Gasteiger partial charge in [0.2, 0.25) is 0 Å². The van der Waals surface area contributed by atoms with Gasteiger partial charge < -0.3 is 5.32 Å². The zero-order valence-electron chi connectivity index (χ0n) is 18.5. The summed E-state index contributed by atoms with van der Waals surface area (Å²) in [5.41, 5.74) is 6.02. The van der Waals surface area contributed by atoms with Gasteiger partial charge in [-0.1, -0.05) is 83.9 Å². The molecule has 0 spiro atoms. The molecule has 170 valence electrons. The van der Waals surface area contributed by atoms with E-state index in [0.29, 0.717) is 10.0 Å². The summed E-state index contributed by atoms with van der Waals surface area (Å²) < 4.78 is 1.17. The van der Waals surface area contributed by atoms with Crippen LogP contribution in [0.5, 0.6) is 0 Å². The molecule has 0 saturated heterocycles. The molecule has 0 aliphatic carbocycles. The van der Waals surface area contributed by atoms with Crippen LogP contribution in [0.1, 0.15) is 10.6 Å². The highest BCUT2D eigenvalue weighted by Gasteiger charge is 2.27. The Kier molecular flexibility index (Phi) is 5.78. The Labute approximate surface area is 217 Å². The molecule has 1 aliphatic heterocycles. The van der Waals surface area contributed by atoms with E-state index in [1.54, 1.807) is 11.3 Å². The number of thiazole rings is 1. The maximum atomic E-state index is 6.42. The molecule has 1 aromatic heterocycles. The molecule has 4 aromatic carbocycles. The van der Waals surface area contributed by atoms with Crippen LogP contribution in [0.3, 0.4) is 0 Å². The maximum Gasteiger partial charge on any atom is 0.117 e. The van der Waals surface area contributed by atoms with Crippen LogP contribution in [0.4, 0.5) is 17.1 Å². The van der Waals surface area contributed by atoms with Crippen molar-refractivity contribution >= 4 is 73.5 Å². The molecule has 0 fully saturated rings. The van der Waals surface area contributed by atoms with Crippen molar-refractivity contribution < 1.29 is 0 Å². The lowest BCUT2D eigenvalue weighted by Gasteiger charge is -2.21. The topological polar surface area (TPSA) is 28.2 Å². The molecule has 35 heavy (non-hydrogen) atoms. The minimum atomic E-state index is 0.514. The molecule has 0 saturated carbocycles. The molecule has 0 bridgehead atoms. The summed E-state index contributed by atoms with van der Waals surface area (Å²) in [5.74, 6) is 0.903. The largest absolute Gasteiger partial charge is 0.340 e. The van der Waals surface area contributed by atoms with Crippen LogP contribution in [0, 0.1) is 0 Å². The van der Waals surface area contributed by atoms with Crippen LogP contribution in [-0.2, 0) is 0 Å². The highest BCUT2D eigenvalue weighted by Crippen LogP contribution is 2.46. The number of rotatable bonds is 4. The molecule has 2 heterocycles. The number of para-hydroxylation sites is 2. The quantitative estimate of drug-likeness (QED) is 0.260. The number of nitrogens with one attached hydrogen (secondary N) is 1. The number of aromatic nitrogens is 1. The van der Waals surface area contributed by atoms with Crippen LogP contribution in [0.15, 0.2) is 109 Å². The Morgan fingerprint density at radius 1 is 0.829 bits per heavy atom. The fourth-order valence-electron chi connectivity index (χ4n) is 4.17. The summed E-state index contributed by atoms with van der Waals surface area (Å²) in [7, 11) is 0. The van der Waals surface area contributed by atoms with Crippen molar-refractivity contribution in [2.24, 2.45) is 0 Å². The van der Waals surface area contributed by atoms with Crippen molar-refractivity contribution in [1.29, 1.82) is 0 Å². The van der Waals surface area contributed by atoms with Crippen molar-refractivity contribution in [1.82, 2.24) is 4.98 Å². The Morgan fingerprint density at radius 2 is 1.51 bits per heavy atom. The van der Waals surface area contributed by atoms with E-state index in [2.05, 4.69) is 52.7 Å². The average molecular weight is 512 g/mol. The van der Waals surface area contributed by atoms with Gasteiger partial charge in [0.05, 0.1) is 31.6 Å². The van der Waals surface area contributed by atoms with Gasteiger partial charge in [0, 0.05) is 5.69 Å². The number of fused-ring (bicyclic) bond motifs is 2. The summed E-state index contributed by atoms with van der Waals surface area (Å²) in [4.78, 5) is 7.00. The van der Waals surface area contributed by atoms with E-state index in [1.165, 1.54) is 4.70 Å². The Morgan fingerprint density at radius 3 is 2.29 bits per heavy atom. The molecule has 0 unspecified atom stereocenters. The molecule has 6 heteroatoms. The van der Waals surface area contributed by atoms with Gasteiger partial charge in [-0.2, -0.15) is 0 Å². The number of halogens is 2. The van der Waals surface area contributed by atoms with E-state index in [9.17, 15) is 0 Å². The van der Waals surface area contributed by atoms with Crippen molar-refractivity contribution in [3.05, 3.63) is 130 Å². The predicted octanol–water partition coefficient (Wildman–Crippen LogP) is 9.25. The number of benzene rings is 4. The minimum Gasteiger partial charge on any atom is -0.340 e. The van der Waals surface area contributed by atoms with Gasteiger partial charge in [0.1, 0.15) is 10.8 Å². The number of hydrogen-bond acceptors (Lipinski definition) is 4. The van der Waals surface area contributed by atoms with Gasteiger partial charge in [-0.05, 0) is 59.7 Å². The minimum absolute atomic E-state index is 0.514. The molecule has 1 N–H and O–H groups in total. The van der Waals surface area contributed by atoms with Crippen molar-refractivity contribution in [2.75, 3.05) is 10.2 Å². The third kappa shape index (κ3) is 4.32. The van der Waals surface area contributed by atoms with Crippen LogP contribution in [0.2, 0.25) is 10.0 Å². The molecule has 6 rings (SSSR count). The normalized spacial score (nSPS) is 14.4. The van der Waals surface area contributed by atoms with Crippen LogP contribution < -0.4 is 10.2 Å². The van der Waals surface area contributed by atoms with Crippen LogP contribution in [0.25, 0.3) is 21.9 Å². The van der Waals surface area contributed by atoms with E-state index in [1.807, 2.05) is 66.7 Å². The first-order valence-electron chi connectivity index (χ1n) is 11.1. The Bertz CT molecular complexity index is 1560. The van der Waals surface area contributed by atoms with E-state index in [0.717, 1.165) is 44.5 Å². The summed E-state index contributed by atoms with van der Waals surface area (Å²) in [5, 5.41) is 5.53. The second kappa shape index (κ2) is 9.23. The number of hydrogen-bond donors (Lipinski definition) is 1. The zero-order valence-corrected chi connectivity index (χ0v) is 20.8. The lowest BCUT2D eigenvalue weighted by Crippen LogP contribution is -2.14. The second-order valence-corrected chi connectivity index (χ2v) is 9.97. The first-order valence-corrected chi connectivity index (χ1v) is 12.7. The lowest BCUT2D eigenvalue weighted by atomic mass is 10.1. The molecule has 0 radical (unpaired) electrons. The smallest absolute Gasteiger partial charge is 0.117 e. The summed E-state index contributed by atoms with van der Waals surface area (Å²) in [6.07, 6.45) is 4.29. The third-order valence-corrected chi connectivity index (χ3v) is 7.49. The molecular weight excluding hydrogens is 493 g/mol. The maximum absolute atomic E-state index is 6.42. The SMILES string of the molecule is Clc1cc2c(cc1Cl)N(c1ccccc1)/C(=C\C(=C\c1nc3ccccc3s1)c1ccccc1)N2. The van der Waals surface area contributed by atoms with Gasteiger partial charge in [-0.15, -0.1) is 11.3 Å². The monoisotopic (exact) mass is 511 g/mol. The average Bonchev–Trinajstić information content (AvgIpc) is 3.45. The first kappa shape index (κ1) is 21.9. The highest BCUT2D eigenvalue weighted by molar-refractivity contribution is 7.19. The van der Waals surface area contributed by atoms with E-state index in [-0.39, 0.29) is 0 Å². The Hall–Kier alpha value is -3.57. The number of anilines is 3. The molecule has 0 atom stereocenters. The van der Waals surface area contributed by atoms with Crippen molar-refractivity contribution in [3.8, 4) is 0 Å². The van der Waals surface area contributed by atoms with Crippen molar-refractivity contribution in [3.63, 3.8) is 0 Å². The molecule has 1 aliphatic rings. The zero-order chi connectivity index (χ0) is 23.8. The third-order valence-electron chi connectivity index (χ3n) is 5.79. The fourth-order valence-corrected chi connectivity index (χ4v) is 5.41. The molecular formula is C29H19Cl2N3S. The second-order valence-electron chi connectivity index (χ2n) is 8.09. The molecule has 3 nitrogen and oxygen atoms in total. The molecule has 5 aromatic rings. The predicted molar refractivity (Wildman–Crippen MR) is 151 cm³/mol. The van der Waals surface area contributed by atoms with E-state index >= 15 is 0 Å². The summed E-state index contributed by atoms with van der Waals surface area (Å²) in [6, 6.07) is 32.5. The van der Waals surface area contributed by atoms with E-state index < -0.39 is 0 Å². The van der Waals surface area contributed by atoms with Crippen LogP contribution in [-0.4, -0.2) is 4.98 Å². The number of allylic oxidation sites excluding steroid dienone is 2. The lowest BCUT2D eigenvalue weighted by molar-refractivity contribution is 1.23. The van der Waals surface area contributed by atoms with Crippen molar-refractivity contribution in [2.45, 2.75) is 0 Å². The van der Waals surface area contributed by atoms with Gasteiger partial charge >= 0.3 is 0 Å². The van der Waals surface area contributed by atoms with E-state index in [4.69, 9.17) is 28.2 Å². The van der Waals surface area contributed by atoms with Gasteiger partial charge in [-0.25, -0.2) is 4.98 Å². The highest BCUT2D eigenvalue weighted by atomic mass is 35.5. The van der Waals surface area contributed by atoms with Gasteiger partial charge in [0.25, 0.3) is 0 Å². The van der Waals surface area contributed by atoms with Crippen LogP contribution >= 0.6 is 34.5 Å². The summed E-state index contributed by atoms with van der Waals surface area (Å²) >= 11 is 14.5. The summed E-state index contributed by atoms with van der Waals surface area (Å²) in [6.45, 7) is 0. The Balaban J connectivity index is 1.52. The first-order chi connectivity index (χ1) is 17.2. The molecule has 0 amide bonds. The van der Waals surface area contributed by atoms with Gasteiger partial charge in [-0.3, -0.25) is 4.90 Å². The fraction of sp³-hybridized carbons (Fsp3) is 0. The standard InChI is InChI=1S/C29H19Cl2N3S/c30-22-17-25-26(18-23(22)31)34(21-11-5-2-6-12-21)28(32-25)15-20(19-9-3-1-4-10-19)16-29-33-24-13-7-8-14-27(24)35-29/h1-18,32H/b20-16-,28-15-. The number of nitrogens with zero attached hydrogens (tertiary/aromatic N) is 2.